The second-order valence-corrected chi connectivity index (χ2v) is 9.98. The molecule has 3 aromatic rings. The molecule has 0 bridgehead atoms. The summed E-state index contributed by atoms with van der Waals surface area (Å²) in [5.41, 5.74) is 1.83. The van der Waals surface area contributed by atoms with Crippen LogP contribution in [-0.2, 0) is 10.0 Å². The minimum atomic E-state index is -3.75. The van der Waals surface area contributed by atoms with Crippen LogP contribution >= 0.6 is 0 Å². The van der Waals surface area contributed by atoms with Gasteiger partial charge in [-0.2, -0.15) is 9.40 Å². The molecule has 0 saturated carbocycles. The van der Waals surface area contributed by atoms with Gasteiger partial charge in [0.25, 0.3) is 0 Å². The van der Waals surface area contributed by atoms with Crippen LogP contribution in [0.15, 0.2) is 66.0 Å². The van der Waals surface area contributed by atoms with Crippen LogP contribution in [0.1, 0.15) is 49.3 Å². The van der Waals surface area contributed by atoms with Crippen molar-refractivity contribution in [1.82, 2.24) is 19.1 Å². The van der Waals surface area contributed by atoms with Gasteiger partial charge >= 0.3 is 0 Å². The average Bonchev–Trinajstić information content (AvgIpc) is 3.16. The van der Waals surface area contributed by atoms with Gasteiger partial charge < -0.3 is 5.11 Å². The van der Waals surface area contributed by atoms with Crippen LogP contribution in [0.2, 0.25) is 0 Å². The summed E-state index contributed by atoms with van der Waals surface area (Å²) in [6.45, 7) is 2.40. The lowest BCUT2D eigenvalue weighted by molar-refractivity contribution is 0.132. The number of nitrogens with zero attached hydrogens (tertiary/aromatic N) is 4. The fourth-order valence-electron chi connectivity index (χ4n) is 4.12. The quantitative estimate of drug-likeness (QED) is 0.632. The third kappa shape index (κ3) is 4.87. The zero-order valence-corrected chi connectivity index (χ0v) is 18.4. The highest BCUT2D eigenvalue weighted by Crippen LogP contribution is 2.30. The molecule has 1 saturated heterocycles. The number of benzene rings is 1. The van der Waals surface area contributed by atoms with E-state index in [4.69, 9.17) is 0 Å². The number of aryl methyl sites for hydroxylation is 1. The minimum absolute atomic E-state index is 0.150. The third-order valence-corrected chi connectivity index (χ3v) is 7.71. The number of aromatic nitrogens is 3. The molecule has 0 radical (unpaired) electrons. The highest BCUT2D eigenvalue weighted by Gasteiger charge is 2.34. The van der Waals surface area contributed by atoms with E-state index in [-0.39, 0.29) is 10.9 Å². The molecule has 31 heavy (non-hydrogen) atoms. The van der Waals surface area contributed by atoms with E-state index in [1.54, 1.807) is 10.5 Å². The summed E-state index contributed by atoms with van der Waals surface area (Å²) in [7, 11) is -3.75. The van der Waals surface area contributed by atoms with Crippen molar-refractivity contribution in [3.8, 4) is 5.82 Å². The van der Waals surface area contributed by atoms with E-state index in [0.717, 1.165) is 36.8 Å². The van der Waals surface area contributed by atoms with Crippen molar-refractivity contribution in [2.75, 3.05) is 6.54 Å². The van der Waals surface area contributed by atoms with Crippen molar-refractivity contribution in [3.05, 3.63) is 72.2 Å². The maximum atomic E-state index is 13.6. The second kappa shape index (κ2) is 9.30. The smallest absolute Gasteiger partial charge is 0.246 e. The zero-order chi connectivity index (χ0) is 21.8. The molecule has 1 aliphatic rings. The van der Waals surface area contributed by atoms with E-state index < -0.39 is 16.1 Å². The Labute approximate surface area is 183 Å². The van der Waals surface area contributed by atoms with Gasteiger partial charge in [0, 0.05) is 18.8 Å². The summed E-state index contributed by atoms with van der Waals surface area (Å²) in [6, 6.07) is 12.9. The second-order valence-electron chi connectivity index (χ2n) is 8.09. The largest absolute Gasteiger partial charge is 0.388 e. The maximum Gasteiger partial charge on any atom is 0.246 e. The molecule has 4 rings (SSSR count). The van der Waals surface area contributed by atoms with Crippen LogP contribution in [0.4, 0.5) is 0 Å². The van der Waals surface area contributed by atoms with Crippen LogP contribution in [0, 0.1) is 6.92 Å². The first kappa shape index (κ1) is 21.7. The molecule has 2 aromatic heterocycles. The van der Waals surface area contributed by atoms with Crippen LogP contribution in [0.25, 0.3) is 5.82 Å². The minimum Gasteiger partial charge on any atom is -0.388 e. The maximum absolute atomic E-state index is 13.6. The monoisotopic (exact) mass is 440 g/mol. The molecule has 0 unspecified atom stereocenters. The Morgan fingerprint density at radius 1 is 1.16 bits per heavy atom. The van der Waals surface area contributed by atoms with Crippen molar-refractivity contribution < 1.29 is 13.5 Å². The van der Waals surface area contributed by atoms with Crippen molar-refractivity contribution in [2.24, 2.45) is 0 Å². The normalized spacial score (nSPS) is 19.1. The standard InChI is InChI=1S/C23H28N4O3S/c1-18-11-12-24-23(14-18)26-17-21(16-25-26)31(29,30)27-13-7-3-6-10-20(27)15-22(28)19-8-4-2-5-9-19/h2,4-5,8-9,11-12,14,16-17,20,22,28H,3,6-7,10,13,15H2,1H3/t20-,22+/m0/s1. The highest BCUT2D eigenvalue weighted by atomic mass is 32.2. The van der Waals surface area contributed by atoms with E-state index in [2.05, 4.69) is 10.1 Å². The summed E-state index contributed by atoms with van der Waals surface area (Å²) in [5, 5.41) is 15.0. The molecule has 164 valence electrons. The molecule has 1 fully saturated rings. The average molecular weight is 441 g/mol. The molecule has 7 nitrogen and oxygen atoms in total. The molecular formula is C23H28N4O3S. The molecule has 1 aliphatic heterocycles. The van der Waals surface area contributed by atoms with E-state index in [9.17, 15) is 13.5 Å². The summed E-state index contributed by atoms with van der Waals surface area (Å²) in [4.78, 5) is 4.43. The van der Waals surface area contributed by atoms with Crippen LogP contribution in [0.5, 0.6) is 0 Å². The molecule has 1 N–H and O–H groups in total. The first-order chi connectivity index (χ1) is 14.9. The van der Waals surface area contributed by atoms with Gasteiger partial charge in [0.15, 0.2) is 5.82 Å². The predicted molar refractivity (Wildman–Crippen MR) is 118 cm³/mol. The topological polar surface area (TPSA) is 88.3 Å². The molecule has 0 spiro atoms. The lowest BCUT2D eigenvalue weighted by Crippen LogP contribution is -2.40. The SMILES string of the molecule is Cc1ccnc(-n2cc(S(=O)(=O)N3CCCCC[C@H]3C[C@@H](O)c3ccccc3)cn2)c1. The van der Waals surface area contributed by atoms with Gasteiger partial charge in [0.2, 0.25) is 10.0 Å². The van der Waals surface area contributed by atoms with Gasteiger partial charge in [0.1, 0.15) is 4.90 Å². The Morgan fingerprint density at radius 3 is 2.74 bits per heavy atom. The van der Waals surface area contributed by atoms with Gasteiger partial charge in [-0.05, 0) is 49.4 Å². The number of aliphatic hydroxyl groups excluding tert-OH is 1. The van der Waals surface area contributed by atoms with Crippen molar-refractivity contribution in [1.29, 1.82) is 0 Å². The van der Waals surface area contributed by atoms with Gasteiger partial charge in [-0.15, -0.1) is 0 Å². The first-order valence-corrected chi connectivity index (χ1v) is 12.1. The molecule has 0 aliphatic carbocycles. The Bertz CT molecular complexity index is 1110. The lowest BCUT2D eigenvalue weighted by atomic mass is 9.99. The Hall–Kier alpha value is -2.55. The molecule has 8 heteroatoms. The van der Waals surface area contributed by atoms with Crippen molar-refractivity contribution >= 4 is 10.0 Å². The molecule has 1 aromatic carbocycles. The van der Waals surface area contributed by atoms with Gasteiger partial charge in [0.05, 0.1) is 18.5 Å². The number of sulfonamides is 1. The summed E-state index contributed by atoms with van der Waals surface area (Å²) < 4.78 is 30.2. The Balaban J connectivity index is 1.60. The number of rotatable bonds is 6. The molecule has 3 heterocycles. The van der Waals surface area contributed by atoms with Crippen molar-refractivity contribution in [2.45, 2.75) is 56.1 Å². The van der Waals surface area contributed by atoms with Crippen LogP contribution < -0.4 is 0 Å². The lowest BCUT2D eigenvalue weighted by Gasteiger charge is -2.30. The highest BCUT2D eigenvalue weighted by molar-refractivity contribution is 7.89. The van der Waals surface area contributed by atoms with E-state index >= 15 is 0 Å². The van der Waals surface area contributed by atoms with Gasteiger partial charge in [-0.25, -0.2) is 18.1 Å². The Kier molecular flexibility index (Phi) is 6.50. The summed E-state index contributed by atoms with van der Waals surface area (Å²) >= 11 is 0. The molecular weight excluding hydrogens is 412 g/mol. The van der Waals surface area contributed by atoms with Crippen molar-refractivity contribution in [3.63, 3.8) is 0 Å². The van der Waals surface area contributed by atoms with Crippen LogP contribution in [-0.4, -0.2) is 45.2 Å². The summed E-state index contributed by atoms with van der Waals surface area (Å²) in [5.74, 6) is 0.577. The first-order valence-electron chi connectivity index (χ1n) is 10.7. The molecule has 2 atom stereocenters. The zero-order valence-electron chi connectivity index (χ0n) is 17.6. The Morgan fingerprint density at radius 2 is 1.97 bits per heavy atom. The summed E-state index contributed by atoms with van der Waals surface area (Å²) in [6.07, 6.45) is 7.72. The number of hydrogen-bond donors (Lipinski definition) is 1. The van der Waals surface area contributed by atoms with Gasteiger partial charge in [-0.1, -0.05) is 43.2 Å². The number of pyridine rings is 1. The van der Waals surface area contributed by atoms with E-state index in [0.29, 0.717) is 18.8 Å². The number of hydrogen-bond acceptors (Lipinski definition) is 5. The van der Waals surface area contributed by atoms with Gasteiger partial charge in [-0.3, -0.25) is 0 Å². The fraction of sp³-hybridized carbons (Fsp3) is 0.391. The van der Waals surface area contributed by atoms with E-state index in [1.165, 1.54) is 17.1 Å². The predicted octanol–water partition coefficient (Wildman–Crippen LogP) is 3.63. The fourth-order valence-corrected chi connectivity index (χ4v) is 5.76. The van der Waals surface area contributed by atoms with E-state index in [1.807, 2.05) is 49.4 Å². The number of aliphatic hydroxyl groups is 1. The third-order valence-electron chi connectivity index (χ3n) is 5.80. The molecule has 0 amide bonds. The van der Waals surface area contributed by atoms with Crippen LogP contribution in [0.3, 0.4) is 0 Å².